The molecule has 1 atom stereocenters. The molecule has 0 saturated carbocycles. The zero-order chi connectivity index (χ0) is 14.7. The second-order valence-electron chi connectivity index (χ2n) is 4.83. The third kappa shape index (κ3) is 3.06. The highest BCUT2D eigenvalue weighted by Crippen LogP contribution is 2.39. The lowest BCUT2D eigenvalue weighted by molar-refractivity contribution is -0.131. The molecule has 0 radical (unpaired) electrons. The minimum absolute atomic E-state index is 0.520. The Balaban J connectivity index is 2.23. The maximum atomic E-state index is 11.6. The van der Waals surface area contributed by atoms with Crippen LogP contribution in [-0.4, -0.2) is 17.0 Å². The third-order valence-corrected chi connectivity index (χ3v) is 4.41. The Labute approximate surface area is 120 Å². The number of carbonyl (C=O) groups is 2. The predicted molar refractivity (Wildman–Crippen MR) is 75.6 cm³/mol. The van der Waals surface area contributed by atoms with Crippen molar-refractivity contribution in [2.24, 2.45) is 5.92 Å². The Kier molecular flexibility index (Phi) is 4.20. The molecule has 1 aliphatic carbocycles. The van der Waals surface area contributed by atoms with Crippen molar-refractivity contribution in [3.63, 3.8) is 0 Å². The minimum Gasteiger partial charge on any atom is -0.478 e. The molecule has 1 aromatic rings. The smallest absolute Gasteiger partial charge is 0.328 e. The molecule has 0 unspecified atom stereocenters. The second-order valence-corrected chi connectivity index (χ2v) is 5.93. The molecule has 0 bridgehead atoms. The number of nitrogens with one attached hydrogen (secondary N) is 1. The summed E-state index contributed by atoms with van der Waals surface area (Å²) in [7, 11) is 0. The van der Waals surface area contributed by atoms with Crippen molar-refractivity contribution >= 4 is 28.2 Å². The first-order valence-corrected chi connectivity index (χ1v) is 7.09. The summed E-state index contributed by atoms with van der Waals surface area (Å²) < 4.78 is 0. The summed E-state index contributed by atoms with van der Waals surface area (Å²) in [5.74, 6) is -1.13. The van der Waals surface area contributed by atoms with Crippen LogP contribution < -0.4 is 5.32 Å². The topological polar surface area (TPSA) is 90.2 Å². The normalized spacial score (nSPS) is 17.5. The van der Waals surface area contributed by atoms with Crippen LogP contribution in [0.2, 0.25) is 0 Å². The zero-order valence-electron chi connectivity index (χ0n) is 11.0. The van der Waals surface area contributed by atoms with Gasteiger partial charge in [-0.15, -0.1) is 11.3 Å². The Morgan fingerprint density at radius 1 is 1.50 bits per heavy atom. The van der Waals surface area contributed by atoms with Gasteiger partial charge >= 0.3 is 5.97 Å². The van der Waals surface area contributed by atoms with Crippen LogP contribution in [0.15, 0.2) is 12.2 Å². The molecule has 5 nitrogen and oxygen atoms in total. The van der Waals surface area contributed by atoms with Crippen molar-refractivity contribution in [2.75, 3.05) is 5.32 Å². The third-order valence-electron chi connectivity index (χ3n) is 3.24. The molecule has 20 heavy (non-hydrogen) atoms. The van der Waals surface area contributed by atoms with Gasteiger partial charge in [-0.3, -0.25) is 4.79 Å². The van der Waals surface area contributed by atoms with E-state index in [0.29, 0.717) is 16.5 Å². The molecule has 0 aliphatic heterocycles. The van der Waals surface area contributed by atoms with E-state index in [2.05, 4.69) is 18.3 Å². The Hall–Kier alpha value is -2.13. The standard InChI is InChI=1S/C14H14N2O3S/c1-8-2-3-9-10(7-15)14(20-11(9)6-8)16-12(17)4-5-13(18)19/h4-5,8H,2-3,6H2,1H3,(H,16,17)(H,18,19)/b5-4+/t8-/m0/s1. The molecule has 1 amide bonds. The Bertz CT molecular complexity index is 625. The van der Waals surface area contributed by atoms with Gasteiger partial charge in [0.05, 0.1) is 5.56 Å². The van der Waals surface area contributed by atoms with E-state index in [1.807, 2.05) is 0 Å². The van der Waals surface area contributed by atoms with Crippen LogP contribution in [0.1, 0.15) is 29.3 Å². The van der Waals surface area contributed by atoms with E-state index in [0.717, 1.165) is 41.9 Å². The van der Waals surface area contributed by atoms with E-state index in [9.17, 15) is 14.9 Å². The fourth-order valence-corrected chi connectivity index (χ4v) is 3.62. The summed E-state index contributed by atoms with van der Waals surface area (Å²) >= 11 is 1.42. The number of fused-ring (bicyclic) bond motifs is 1. The van der Waals surface area contributed by atoms with Gasteiger partial charge in [0.2, 0.25) is 5.91 Å². The number of rotatable bonds is 3. The highest BCUT2D eigenvalue weighted by molar-refractivity contribution is 7.16. The van der Waals surface area contributed by atoms with Crippen molar-refractivity contribution in [1.29, 1.82) is 5.26 Å². The van der Waals surface area contributed by atoms with Gasteiger partial charge in [0.1, 0.15) is 11.1 Å². The van der Waals surface area contributed by atoms with E-state index < -0.39 is 11.9 Å². The number of thiophene rings is 1. The molecule has 0 fully saturated rings. The largest absolute Gasteiger partial charge is 0.478 e. The summed E-state index contributed by atoms with van der Waals surface area (Å²) in [6.45, 7) is 2.17. The van der Waals surface area contributed by atoms with Crippen LogP contribution in [-0.2, 0) is 22.4 Å². The van der Waals surface area contributed by atoms with Gasteiger partial charge in [-0.25, -0.2) is 4.79 Å². The highest BCUT2D eigenvalue weighted by Gasteiger charge is 2.24. The summed E-state index contributed by atoms with van der Waals surface area (Å²) in [6, 6.07) is 2.14. The quantitative estimate of drug-likeness (QED) is 0.836. The maximum absolute atomic E-state index is 11.6. The van der Waals surface area contributed by atoms with Crippen LogP contribution in [0.25, 0.3) is 0 Å². The highest BCUT2D eigenvalue weighted by atomic mass is 32.1. The molecular weight excluding hydrogens is 276 g/mol. The number of nitrogens with zero attached hydrogens (tertiary/aromatic N) is 1. The number of hydrogen-bond acceptors (Lipinski definition) is 4. The molecule has 0 aromatic carbocycles. The first-order chi connectivity index (χ1) is 9.51. The zero-order valence-corrected chi connectivity index (χ0v) is 11.8. The number of carboxylic acids is 1. The predicted octanol–water partition coefficient (Wildman–Crippen LogP) is 2.32. The van der Waals surface area contributed by atoms with Crippen LogP contribution in [0.4, 0.5) is 5.00 Å². The lowest BCUT2D eigenvalue weighted by Gasteiger charge is -2.17. The summed E-state index contributed by atoms with van der Waals surface area (Å²) in [6.07, 6.45) is 4.55. The number of anilines is 1. The van der Waals surface area contributed by atoms with Crippen molar-refractivity contribution in [3.8, 4) is 6.07 Å². The average Bonchev–Trinajstić information content (AvgIpc) is 2.72. The van der Waals surface area contributed by atoms with E-state index in [1.165, 1.54) is 11.3 Å². The van der Waals surface area contributed by atoms with Gasteiger partial charge in [0.15, 0.2) is 0 Å². The molecule has 6 heteroatoms. The lowest BCUT2D eigenvalue weighted by Crippen LogP contribution is -2.10. The summed E-state index contributed by atoms with van der Waals surface area (Å²) in [5, 5.41) is 20.8. The van der Waals surface area contributed by atoms with Crippen molar-refractivity contribution in [2.45, 2.75) is 26.2 Å². The first kappa shape index (κ1) is 14.3. The second kappa shape index (κ2) is 5.88. The fourth-order valence-electron chi connectivity index (χ4n) is 2.26. The van der Waals surface area contributed by atoms with Crippen molar-refractivity contribution in [3.05, 3.63) is 28.2 Å². The number of carbonyl (C=O) groups excluding carboxylic acids is 1. The van der Waals surface area contributed by atoms with Crippen LogP contribution in [0, 0.1) is 17.2 Å². The number of amides is 1. The number of nitriles is 1. The summed E-state index contributed by atoms with van der Waals surface area (Å²) in [5.41, 5.74) is 1.56. The van der Waals surface area contributed by atoms with E-state index in [-0.39, 0.29) is 0 Å². The first-order valence-electron chi connectivity index (χ1n) is 6.28. The van der Waals surface area contributed by atoms with Gasteiger partial charge < -0.3 is 10.4 Å². The molecule has 0 spiro atoms. The van der Waals surface area contributed by atoms with Crippen molar-refractivity contribution in [1.82, 2.24) is 0 Å². The molecule has 1 aliphatic rings. The minimum atomic E-state index is -1.18. The van der Waals surface area contributed by atoms with Crippen LogP contribution in [0.3, 0.4) is 0 Å². The van der Waals surface area contributed by atoms with E-state index >= 15 is 0 Å². The van der Waals surface area contributed by atoms with Gasteiger partial charge in [0, 0.05) is 17.0 Å². The maximum Gasteiger partial charge on any atom is 0.328 e. The Morgan fingerprint density at radius 2 is 2.25 bits per heavy atom. The van der Waals surface area contributed by atoms with E-state index in [4.69, 9.17) is 5.11 Å². The summed E-state index contributed by atoms with van der Waals surface area (Å²) in [4.78, 5) is 23.1. The number of aliphatic carboxylic acids is 1. The molecule has 0 saturated heterocycles. The number of carboxylic acid groups (broad SMARTS) is 1. The molecular formula is C14H14N2O3S. The lowest BCUT2D eigenvalue weighted by atomic mass is 9.89. The van der Waals surface area contributed by atoms with Crippen molar-refractivity contribution < 1.29 is 14.7 Å². The van der Waals surface area contributed by atoms with Gasteiger partial charge in [-0.05, 0) is 30.7 Å². The van der Waals surface area contributed by atoms with Gasteiger partial charge in [-0.1, -0.05) is 6.92 Å². The number of hydrogen-bond donors (Lipinski definition) is 2. The molecule has 1 aromatic heterocycles. The average molecular weight is 290 g/mol. The van der Waals surface area contributed by atoms with Crippen LogP contribution in [0.5, 0.6) is 0 Å². The monoisotopic (exact) mass is 290 g/mol. The van der Waals surface area contributed by atoms with Gasteiger partial charge in [-0.2, -0.15) is 5.26 Å². The fraction of sp³-hybridized carbons (Fsp3) is 0.357. The van der Waals surface area contributed by atoms with Crippen LogP contribution >= 0.6 is 11.3 Å². The van der Waals surface area contributed by atoms with Gasteiger partial charge in [0.25, 0.3) is 0 Å². The molecule has 2 N–H and O–H groups in total. The SMILES string of the molecule is C[C@H]1CCc2c(sc(NC(=O)/C=C/C(=O)O)c2C#N)C1. The Morgan fingerprint density at radius 3 is 2.90 bits per heavy atom. The van der Waals surface area contributed by atoms with E-state index in [1.54, 1.807) is 0 Å². The molecule has 1 heterocycles. The molecule has 104 valence electrons. The molecule has 2 rings (SSSR count).